The van der Waals surface area contributed by atoms with Crippen molar-refractivity contribution in [3.63, 3.8) is 0 Å². The van der Waals surface area contributed by atoms with Crippen LogP contribution in [0.4, 0.5) is 5.88 Å². The lowest BCUT2D eigenvalue weighted by Crippen LogP contribution is -1.82. The SMILES string of the molecule is O=[N+]([O-])c1ccc(/C=C/Sc2nnc(-c3sc4ccccc4c3Cl)o2)o1. The molecule has 0 atom stereocenters. The minimum Gasteiger partial charge on any atom is -0.410 e. The summed E-state index contributed by atoms with van der Waals surface area (Å²) in [6.07, 6.45) is 1.58. The van der Waals surface area contributed by atoms with Crippen molar-refractivity contribution in [1.29, 1.82) is 0 Å². The van der Waals surface area contributed by atoms with Crippen LogP contribution < -0.4 is 0 Å². The second-order valence-corrected chi connectivity index (χ2v) is 7.26. The minimum absolute atomic E-state index is 0.311. The Morgan fingerprint density at radius 1 is 1.19 bits per heavy atom. The van der Waals surface area contributed by atoms with Crippen LogP contribution in [-0.4, -0.2) is 15.1 Å². The fraction of sp³-hybridized carbons (Fsp3) is 0. The normalized spacial score (nSPS) is 11.6. The highest BCUT2D eigenvalue weighted by Gasteiger charge is 2.17. The van der Waals surface area contributed by atoms with Gasteiger partial charge in [0.25, 0.3) is 11.1 Å². The highest BCUT2D eigenvalue weighted by Crippen LogP contribution is 2.41. The lowest BCUT2D eigenvalue weighted by atomic mass is 10.2. The molecule has 3 aromatic heterocycles. The number of rotatable bonds is 5. The molecule has 0 N–H and O–H groups in total. The van der Waals surface area contributed by atoms with Crippen molar-refractivity contribution < 1.29 is 13.8 Å². The fourth-order valence-electron chi connectivity index (χ4n) is 2.19. The second kappa shape index (κ2) is 6.94. The number of aromatic nitrogens is 2. The van der Waals surface area contributed by atoms with Crippen LogP contribution in [0, 0.1) is 10.1 Å². The summed E-state index contributed by atoms with van der Waals surface area (Å²) >= 11 is 9.06. The second-order valence-electron chi connectivity index (χ2n) is 4.97. The minimum atomic E-state index is -0.594. The molecule has 4 aromatic rings. The van der Waals surface area contributed by atoms with Gasteiger partial charge in [0, 0.05) is 10.1 Å². The molecule has 0 aliphatic carbocycles. The van der Waals surface area contributed by atoms with Gasteiger partial charge in [0.15, 0.2) is 0 Å². The van der Waals surface area contributed by atoms with Gasteiger partial charge in [-0.25, -0.2) is 0 Å². The number of nitro groups is 1. The Kier molecular flexibility index (Phi) is 4.49. The van der Waals surface area contributed by atoms with Crippen molar-refractivity contribution in [3.05, 3.63) is 62.7 Å². The maximum absolute atomic E-state index is 10.6. The Morgan fingerprint density at radius 3 is 2.81 bits per heavy atom. The smallest absolute Gasteiger partial charge is 0.410 e. The quantitative estimate of drug-likeness (QED) is 0.233. The standard InChI is InChI=1S/C16H8ClN3O4S2/c17-13-10-3-1-2-4-11(10)26-14(13)15-18-19-16(24-15)25-8-7-9-5-6-12(23-9)20(21)22/h1-8H/b8-7+. The van der Waals surface area contributed by atoms with Gasteiger partial charge in [-0.15, -0.1) is 21.5 Å². The largest absolute Gasteiger partial charge is 0.433 e. The third-order valence-electron chi connectivity index (χ3n) is 3.33. The van der Waals surface area contributed by atoms with Gasteiger partial charge in [-0.05, 0) is 35.4 Å². The molecule has 0 fully saturated rings. The molecule has 0 bridgehead atoms. The van der Waals surface area contributed by atoms with E-state index in [1.807, 2.05) is 24.3 Å². The highest BCUT2D eigenvalue weighted by molar-refractivity contribution is 8.02. The number of fused-ring (bicyclic) bond motifs is 1. The zero-order valence-corrected chi connectivity index (χ0v) is 15.2. The molecule has 0 radical (unpaired) electrons. The molecule has 0 unspecified atom stereocenters. The van der Waals surface area contributed by atoms with Gasteiger partial charge >= 0.3 is 5.88 Å². The Balaban J connectivity index is 1.51. The van der Waals surface area contributed by atoms with Gasteiger partial charge in [0.2, 0.25) is 0 Å². The van der Waals surface area contributed by atoms with Crippen molar-refractivity contribution in [1.82, 2.24) is 10.2 Å². The van der Waals surface area contributed by atoms with E-state index < -0.39 is 4.92 Å². The molecule has 0 amide bonds. The maximum atomic E-state index is 10.6. The predicted octanol–water partition coefficient (Wildman–Crippen LogP) is 5.87. The molecular formula is C16H8ClN3O4S2. The summed E-state index contributed by atoms with van der Waals surface area (Å²) in [4.78, 5) is 10.7. The molecule has 0 aliphatic rings. The molecule has 0 aliphatic heterocycles. The van der Waals surface area contributed by atoms with E-state index in [0.29, 0.717) is 21.9 Å². The Labute approximate surface area is 159 Å². The van der Waals surface area contributed by atoms with Crippen LogP contribution in [0.5, 0.6) is 0 Å². The van der Waals surface area contributed by atoms with E-state index in [1.165, 1.54) is 35.2 Å². The molecule has 10 heteroatoms. The molecule has 0 spiro atoms. The first-order valence-corrected chi connectivity index (χ1v) is 9.27. The molecule has 26 heavy (non-hydrogen) atoms. The van der Waals surface area contributed by atoms with Gasteiger partial charge in [-0.3, -0.25) is 10.1 Å². The van der Waals surface area contributed by atoms with Gasteiger partial charge in [-0.1, -0.05) is 29.8 Å². The van der Waals surface area contributed by atoms with Crippen molar-refractivity contribution in [2.24, 2.45) is 0 Å². The average molecular weight is 406 g/mol. The van der Waals surface area contributed by atoms with Crippen molar-refractivity contribution in [2.75, 3.05) is 0 Å². The Hall–Kier alpha value is -2.62. The summed E-state index contributed by atoms with van der Waals surface area (Å²) in [5.74, 6) is 0.395. The van der Waals surface area contributed by atoms with E-state index in [2.05, 4.69) is 10.2 Å². The first kappa shape index (κ1) is 16.8. The lowest BCUT2D eigenvalue weighted by molar-refractivity contribution is -0.402. The van der Waals surface area contributed by atoms with Gasteiger partial charge in [-0.2, -0.15) is 0 Å². The number of thioether (sulfide) groups is 1. The first-order valence-electron chi connectivity index (χ1n) is 7.20. The van der Waals surface area contributed by atoms with Crippen LogP contribution in [0.1, 0.15) is 5.76 Å². The summed E-state index contributed by atoms with van der Waals surface area (Å²) in [5.41, 5.74) is 0. The van der Waals surface area contributed by atoms with Crippen LogP contribution in [0.25, 0.3) is 26.9 Å². The average Bonchev–Trinajstić information content (AvgIpc) is 3.35. The number of furan rings is 1. The molecule has 130 valence electrons. The monoisotopic (exact) mass is 405 g/mol. The topological polar surface area (TPSA) is 95.2 Å². The lowest BCUT2D eigenvalue weighted by Gasteiger charge is -1.90. The van der Waals surface area contributed by atoms with E-state index in [1.54, 1.807) is 11.5 Å². The summed E-state index contributed by atoms with van der Waals surface area (Å²) in [6.45, 7) is 0. The van der Waals surface area contributed by atoms with Crippen LogP contribution in [0.15, 0.2) is 55.9 Å². The van der Waals surface area contributed by atoms with E-state index in [9.17, 15) is 10.1 Å². The third-order valence-corrected chi connectivity index (χ3v) is 5.63. The summed E-state index contributed by atoms with van der Waals surface area (Å²) in [6, 6.07) is 10.6. The molecule has 0 saturated carbocycles. The number of nitrogens with zero attached hydrogens (tertiary/aromatic N) is 3. The van der Waals surface area contributed by atoms with Crippen LogP contribution in [0.2, 0.25) is 5.02 Å². The molecule has 1 aromatic carbocycles. The Morgan fingerprint density at radius 2 is 2.04 bits per heavy atom. The van der Waals surface area contributed by atoms with E-state index in [0.717, 1.165) is 15.0 Å². The van der Waals surface area contributed by atoms with E-state index in [-0.39, 0.29) is 5.88 Å². The van der Waals surface area contributed by atoms with Crippen molar-refractivity contribution in [3.8, 4) is 10.8 Å². The number of benzene rings is 1. The number of hydrogen-bond donors (Lipinski definition) is 0. The van der Waals surface area contributed by atoms with Crippen LogP contribution >= 0.6 is 34.7 Å². The van der Waals surface area contributed by atoms with E-state index >= 15 is 0 Å². The summed E-state index contributed by atoms with van der Waals surface area (Å²) in [5, 5.41) is 22.1. The fourth-order valence-corrected chi connectivity index (χ4v) is 4.16. The number of halogens is 1. The number of thiophene rings is 1. The van der Waals surface area contributed by atoms with Crippen molar-refractivity contribution in [2.45, 2.75) is 5.22 Å². The van der Waals surface area contributed by atoms with Crippen LogP contribution in [-0.2, 0) is 0 Å². The molecule has 0 saturated heterocycles. The highest BCUT2D eigenvalue weighted by atomic mass is 35.5. The predicted molar refractivity (Wildman–Crippen MR) is 100 cm³/mol. The maximum Gasteiger partial charge on any atom is 0.433 e. The Bertz CT molecular complexity index is 1130. The number of hydrogen-bond acceptors (Lipinski definition) is 8. The molecule has 4 rings (SSSR count). The van der Waals surface area contributed by atoms with E-state index in [4.69, 9.17) is 20.4 Å². The van der Waals surface area contributed by atoms with Gasteiger partial charge in [0.1, 0.15) is 15.6 Å². The van der Waals surface area contributed by atoms with Gasteiger partial charge in [0.05, 0.1) is 11.1 Å². The molecule has 7 nitrogen and oxygen atoms in total. The van der Waals surface area contributed by atoms with Crippen molar-refractivity contribution >= 4 is 56.7 Å². The molecular weight excluding hydrogens is 398 g/mol. The molecule has 3 heterocycles. The summed E-state index contributed by atoms with van der Waals surface area (Å²) in [7, 11) is 0. The zero-order chi connectivity index (χ0) is 18.1. The zero-order valence-electron chi connectivity index (χ0n) is 12.8. The van der Waals surface area contributed by atoms with Gasteiger partial charge < -0.3 is 8.83 Å². The first-order chi connectivity index (χ1) is 12.6. The van der Waals surface area contributed by atoms with Crippen LogP contribution in [0.3, 0.4) is 0 Å². The third kappa shape index (κ3) is 3.24. The summed E-state index contributed by atoms with van der Waals surface area (Å²) < 4.78 is 11.7.